The smallest absolute Gasteiger partial charge is 0.0141 e. The molecule has 0 aromatic carbocycles. The number of hydrogen-bond donors (Lipinski definition) is 1. The lowest BCUT2D eigenvalue weighted by Gasteiger charge is -2.08. The molecule has 1 radical (unpaired) electrons. The Hall–Kier alpha value is -0.500. The van der Waals surface area contributed by atoms with Crippen molar-refractivity contribution in [3.63, 3.8) is 0 Å². The van der Waals surface area contributed by atoms with Gasteiger partial charge in [-0.05, 0) is 46.3 Å². The summed E-state index contributed by atoms with van der Waals surface area (Å²) < 4.78 is 0. The quantitative estimate of drug-likeness (QED) is 0.557. The highest BCUT2D eigenvalue weighted by Gasteiger charge is 1.89. The van der Waals surface area contributed by atoms with Gasteiger partial charge in [-0.25, -0.2) is 0 Å². The standard InChI is InChI=1S/C9H19N2/c1-4-10-8-6-5-7-9-11(2)3/h1,4,10H,5-9H2,2-3H3. The Morgan fingerprint density at radius 3 is 2.55 bits per heavy atom. The molecule has 2 nitrogen and oxygen atoms in total. The highest BCUT2D eigenvalue weighted by molar-refractivity contribution is 4.58. The van der Waals surface area contributed by atoms with Gasteiger partial charge in [0, 0.05) is 6.54 Å². The molecule has 0 spiro atoms. The molecule has 2 heteroatoms. The molecule has 0 fully saturated rings. The Labute approximate surface area is 70.3 Å². The Morgan fingerprint density at radius 2 is 2.00 bits per heavy atom. The van der Waals surface area contributed by atoms with Crippen LogP contribution in [0.3, 0.4) is 0 Å². The van der Waals surface area contributed by atoms with E-state index in [0.717, 1.165) is 6.54 Å². The summed E-state index contributed by atoms with van der Waals surface area (Å²) in [6, 6.07) is 0. The Bertz CT molecular complexity index is 89.6. The minimum absolute atomic E-state index is 1.00. The van der Waals surface area contributed by atoms with Crippen molar-refractivity contribution < 1.29 is 0 Å². The number of rotatable bonds is 7. The van der Waals surface area contributed by atoms with Crippen LogP contribution in [0.25, 0.3) is 0 Å². The predicted molar refractivity (Wildman–Crippen MR) is 49.3 cm³/mol. The molecule has 0 atom stereocenters. The van der Waals surface area contributed by atoms with E-state index in [1.54, 1.807) is 0 Å². The molecule has 0 aromatic heterocycles. The van der Waals surface area contributed by atoms with Gasteiger partial charge >= 0.3 is 0 Å². The summed E-state index contributed by atoms with van der Waals surface area (Å²) in [5.74, 6) is 0. The molecule has 0 unspecified atom stereocenters. The number of unbranched alkanes of at least 4 members (excludes halogenated alkanes) is 2. The molecule has 0 saturated carbocycles. The van der Waals surface area contributed by atoms with Gasteiger partial charge in [0.2, 0.25) is 0 Å². The first-order valence-electron chi connectivity index (χ1n) is 4.19. The highest BCUT2D eigenvalue weighted by Crippen LogP contribution is 1.94. The van der Waals surface area contributed by atoms with E-state index in [0.29, 0.717) is 0 Å². The first-order valence-corrected chi connectivity index (χ1v) is 4.19. The zero-order valence-corrected chi connectivity index (χ0v) is 7.64. The summed E-state index contributed by atoms with van der Waals surface area (Å²) in [6.07, 6.45) is 5.27. The van der Waals surface area contributed by atoms with Crippen molar-refractivity contribution in [1.29, 1.82) is 0 Å². The zero-order chi connectivity index (χ0) is 8.53. The maximum Gasteiger partial charge on any atom is 0.0141 e. The van der Waals surface area contributed by atoms with Gasteiger partial charge in [0.25, 0.3) is 0 Å². The summed E-state index contributed by atoms with van der Waals surface area (Å²) in [4.78, 5) is 2.21. The van der Waals surface area contributed by atoms with E-state index in [1.165, 1.54) is 32.0 Å². The molecule has 65 valence electrons. The first kappa shape index (κ1) is 10.5. The van der Waals surface area contributed by atoms with Crippen LogP contribution in [0, 0.1) is 6.58 Å². The summed E-state index contributed by atoms with van der Waals surface area (Å²) in [6.45, 7) is 7.34. The third-order valence-corrected chi connectivity index (χ3v) is 1.54. The topological polar surface area (TPSA) is 15.3 Å². The normalized spacial score (nSPS) is 10.1. The average Bonchev–Trinajstić information content (AvgIpc) is 1.96. The minimum Gasteiger partial charge on any atom is -0.391 e. The van der Waals surface area contributed by atoms with Crippen molar-refractivity contribution >= 4 is 0 Å². The second-order valence-electron chi connectivity index (χ2n) is 2.98. The third-order valence-electron chi connectivity index (χ3n) is 1.54. The van der Waals surface area contributed by atoms with E-state index in [-0.39, 0.29) is 0 Å². The fourth-order valence-corrected chi connectivity index (χ4v) is 0.915. The number of nitrogens with one attached hydrogen (secondary N) is 1. The van der Waals surface area contributed by atoms with E-state index in [1.807, 2.05) is 0 Å². The molecular formula is C9H19N2. The van der Waals surface area contributed by atoms with Gasteiger partial charge in [0.15, 0.2) is 0 Å². The lowest BCUT2D eigenvalue weighted by Crippen LogP contribution is -2.13. The maximum atomic E-state index is 5.15. The second kappa shape index (κ2) is 7.61. The molecule has 1 N–H and O–H groups in total. The van der Waals surface area contributed by atoms with Crippen LogP contribution in [-0.2, 0) is 0 Å². The summed E-state index contributed by atoms with van der Waals surface area (Å²) >= 11 is 0. The molecule has 0 aromatic rings. The van der Waals surface area contributed by atoms with E-state index in [9.17, 15) is 0 Å². The van der Waals surface area contributed by atoms with Crippen molar-refractivity contribution in [2.45, 2.75) is 19.3 Å². The number of nitrogens with zero attached hydrogens (tertiary/aromatic N) is 1. The van der Waals surface area contributed by atoms with Gasteiger partial charge in [0.1, 0.15) is 0 Å². The van der Waals surface area contributed by atoms with E-state index in [4.69, 9.17) is 6.58 Å². The van der Waals surface area contributed by atoms with Crippen LogP contribution in [-0.4, -0.2) is 32.1 Å². The van der Waals surface area contributed by atoms with Crippen LogP contribution in [0.2, 0.25) is 0 Å². The summed E-state index contributed by atoms with van der Waals surface area (Å²) in [5.41, 5.74) is 0. The van der Waals surface area contributed by atoms with Crippen molar-refractivity contribution in [3.05, 3.63) is 12.8 Å². The fraction of sp³-hybridized carbons (Fsp3) is 0.778. The Balaban J connectivity index is 2.85. The maximum absolute atomic E-state index is 5.15. The van der Waals surface area contributed by atoms with E-state index >= 15 is 0 Å². The highest BCUT2D eigenvalue weighted by atomic mass is 15.0. The second-order valence-corrected chi connectivity index (χ2v) is 2.98. The van der Waals surface area contributed by atoms with Crippen molar-refractivity contribution in [1.82, 2.24) is 10.2 Å². The van der Waals surface area contributed by atoms with Crippen LogP contribution in [0.15, 0.2) is 6.20 Å². The summed E-state index contributed by atoms with van der Waals surface area (Å²) in [5, 5.41) is 2.98. The molecule has 0 saturated heterocycles. The SMILES string of the molecule is [CH]=CNCCCCCN(C)C. The van der Waals surface area contributed by atoms with Crippen LogP contribution >= 0.6 is 0 Å². The van der Waals surface area contributed by atoms with Crippen LogP contribution < -0.4 is 5.32 Å². The monoisotopic (exact) mass is 155 g/mol. The number of hydrogen-bond acceptors (Lipinski definition) is 2. The van der Waals surface area contributed by atoms with Crippen LogP contribution in [0.5, 0.6) is 0 Å². The lowest BCUT2D eigenvalue weighted by atomic mass is 10.2. The van der Waals surface area contributed by atoms with Crippen LogP contribution in [0.1, 0.15) is 19.3 Å². The van der Waals surface area contributed by atoms with E-state index in [2.05, 4.69) is 24.3 Å². The molecular weight excluding hydrogens is 136 g/mol. The molecule has 0 amide bonds. The van der Waals surface area contributed by atoms with Gasteiger partial charge in [-0.1, -0.05) is 6.42 Å². The molecule has 0 aliphatic carbocycles. The lowest BCUT2D eigenvalue weighted by molar-refractivity contribution is 0.391. The van der Waals surface area contributed by atoms with Crippen molar-refractivity contribution in [2.24, 2.45) is 0 Å². The third kappa shape index (κ3) is 9.50. The molecule has 0 rings (SSSR count). The van der Waals surface area contributed by atoms with Gasteiger partial charge in [0.05, 0.1) is 0 Å². The van der Waals surface area contributed by atoms with Gasteiger partial charge < -0.3 is 10.2 Å². The molecule has 11 heavy (non-hydrogen) atoms. The van der Waals surface area contributed by atoms with Crippen LogP contribution in [0.4, 0.5) is 0 Å². The molecule has 0 aliphatic rings. The minimum atomic E-state index is 1.00. The predicted octanol–water partition coefficient (Wildman–Crippen LogP) is 1.25. The molecule has 0 heterocycles. The average molecular weight is 155 g/mol. The Kier molecular flexibility index (Phi) is 7.26. The Morgan fingerprint density at radius 1 is 1.27 bits per heavy atom. The van der Waals surface area contributed by atoms with Crippen molar-refractivity contribution in [3.8, 4) is 0 Å². The zero-order valence-electron chi connectivity index (χ0n) is 7.64. The molecule has 0 bridgehead atoms. The van der Waals surface area contributed by atoms with Gasteiger partial charge in [-0.3, -0.25) is 0 Å². The van der Waals surface area contributed by atoms with E-state index < -0.39 is 0 Å². The summed E-state index contributed by atoms with van der Waals surface area (Å²) in [7, 11) is 4.21. The van der Waals surface area contributed by atoms with Gasteiger partial charge in [-0.2, -0.15) is 0 Å². The van der Waals surface area contributed by atoms with Gasteiger partial charge in [-0.15, -0.1) is 0 Å². The largest absolute Gasteiger partial charge is 0.391 e. The molecule has 0 aliphatic heterocycles. The van der Waals surface area contributed by atoms with Crippen molar-refractivity contribution in [2.75, 3.05) is 27.2 Å². The first-order chi connectivity index (χ1) is 5.27. The fourth-order valence-electron chi connectivity index (χ4n) is 0.915.